The third-order valence-electron chi connectivity index (χ3n) is 9.46. The Kier molecular flexibility index (Phi) is 12.5. The zero-order chi connectivity index (χ0) is 43.1. The molecule has 8 rings (SSSR count). The molecule has 2 aromatic heterocycles. The molecule has 2 saturated heterocycles. The van der Waals surface area contributed by atoms with Crippen LogP contribution >= 0.6 is 0 Å². The van der Waals surface area contributed by atoms with Crippen LogP contribution in [0.1, 0.15) is 11.1 Å². The monoisotopic (exact) mass is 880 g/mol. The maximum Gasteiger partial charge on any atom is 0.297 e. The molecule has 0 unspecified atom stereocenters. The second-order valence-electron chi connectivity index (χ2n) is 13.8. The lowest BCUT2D eigenvalue weighted by Gasteiger charge is -2.27. The summed E-state index contributed by atoms with van der Waals surface area (Å²) in [5.74, 6) is 0.905. The molecule has 2 aliphatic rings. The molecule has 6 N–H and O–H groups in total. The van der Waals surface area contributed by atoms with E-state index in [1.54, 1.807) is 6.07 Å². The highest BCUT2D eigenvalue weighted by Gasteiger charge is 2.26. The Balaban J connectivity index is 1.25. The van der Waals surface area contributed by atoms with Gasteiger partial charge in [0.25, 0.3) is 20.2 Å². The van der Waals surface area contributed by atoms with Crippen LogP contribution in [0.5, 0.6) is 0 Å². The number of morpholine rings is 2. The minimum absolute atomic E-state index is 0.0283. The predicted octanol–water partition coefficient (Wildman–Crippen LogP) is 5.37. The molecule has 20 nitrogen and oxygen atoms in total. The first-order valence-corrected chi connectivity index (χ1v) is 22.1. The van der Waals surface area contributed by atoms with Gasteiger partial charge in [-0.1, -0.05) is 66.7 Å². The van der Waals surface area contributed by atoms with Crippen LogP contribution in [-0.2, 0) is 29.7 Å². The minimum Gasteiger partial charge on any atom is -0.378 e. The van der Waals surface area contributed by atoms with Gasteiger partial charge in [-0.3, -0.25) is 9.11 Å². The first-order valence-electron chi connectivity index (χ1n) is 19.2. The third kappa shape index (κ3) is 10.5. The van der Waals surface area contributed by atoms with Gasteiger partial charge in [0.1, 0.15) is 4.90 Å². The molecular weight excluding hydrogens is 841 g/mol. The smallest absolute Gasteiger partial charge is 0.297 e. The molecule has 0 amide bonds. The van der Waals surface area contributed by atoms with E-state index in [9.17, 15) is 25.9 Å². The fourth-order valence-electron chi connectivity index (χ4n) is 6.47. The molecule has 0 aliphatic carbocycles. The van der Waals surface area contributed by atoms with Crippen molar-refractivity contribution in [2.24, 2.45) is 0 Å². The van der Waals surface area contributed by atoms with Gasteiger partial charge in [0.05, 0.1) is 42.7 Å². The number of para-hydroxylation sites is 2. The molecule has 4 aromatic carbocycles. The van der Waals surface area contributed by atoms with Crippen LogP contribution in [0.4, 0.5) is 58.4 Å². The van der Waals surface area contributed by atoms with E-state index in [1.807, 2.05) is 70.5 Å². The van der Waals surface area contributed by atoms with Gasteiger partial charge in [0.2, 0.25) is 35.7 Å². The van der Waals surface area contributed by atoms with Gasteiger partial charge in [-0.25, -0.2) is 0 Å². The molecule has 6 aromatic rings. The van der Waals surface area contributed by atoms with Crippen LogP contribution in [0.15, 0.2) is 107 Å². The quantitative estimate of drug-likeness (QED) is 0.0594. The number of benzene rings is 4. The molecule has 0 spiro atoms. The number of nitrogens with zero attached hydrogens (tertiary/aromatic N) is 8. The van der Waals surface area contributed by atoms with E-state index in [0.29, 0.717) is 75.5 Å². The number of hydrogen-bond acceptors (Lipinski definition) is 18. The van der Waals surface area contributed by atoms with Crippen molar-refractivity contribution >= 4 is 90.8 Å². The van der Waals surface area contributed by atoms with E-state index >= 15 is 0 Å². The molecule has 0 bridgehead atoms. The third-order valence-corrected chi connectivity index (χ3v) is 11.3. The van der Waals surface area contributed by atoms with Crippen molar-refractivity contribution in [1.82, 2.24) is 29.9 Å². The van der Waals surface area contributed by atoms with Crippen molar-refractivity contribution in [3.8, 4) is 0 Å². The van der Waals surface area contributed by atoms with E-state index in [1.165, 1.54) is 42.5 Å². The number of aromatic nitrogens is 6. The van der Waals surface area contributed by atoms with Crippen molar-refractivity contribution in [2.75, 3.05) is 83.7 Å². The largest absolute Gasteiger partial charge is 0.378 e. The number of hydrogen-bond donors (Lipinski definition) is 6. The summed E-state index contributed by atoms with van der Waals surface area (Å²) in [6.07, 6.45) is 2.94. The normalized spacial score (nSPS) is 14.7. The SMILES string of the molecule is O=S(=O)(O)c1ccc(C=Cc2ccc(Nc3nc(Nc4ccccc4)nc(N4CCOCC4)n3)c(Nc3nc(Nc4ccccc4)nc(N4CCOCC4)n3)c2S(=O)(=O)O)cc1. The summed E-state index contributed by atoms with van der Waals surface area (Å²) < 4.78 is 82.0. The second kappa shape index (κ2) is 18.4. The van der Waals surface area contributed by atoms with Crippen LogP contribution in [-0.4, -0.2) is 108 Å². The number of nitrogens with one attached hydrogen (secondary N) is 4. The molecule has 320 valence electrons. The first-order chi connectivity index (χ1) is 29.9. The predicted molar refractivity (Wildman–Crippen MR) is 233 cm³/mol. The zero-order valence-electron chi connectivity index (χ0n) is 32.8. The summed E-state index contributed by atoms with van der Waals surface area (Å²) in [7, 11) is -9.51. The summed E-state index contributed by atoms with van der Waals surface area (Å²) in [4.78, 5) is 30.9. The average molecular weight is 881 g/mol. The second-order valence-corrected chi connectivity index (χ2v) is 16.5. The topological polar surface area (TPSA) is 259 Å². The summed E-state index contributed by atoms with van der Waals surface area (Å²) in [6.45, 7) is 3.77. The highest BCUT2D eigenvalue weighted by Crippen LogP contribution is 2.38. The van der Waals surface area contributed by atoms with Gasteiger partial charge in [-0.05, 0) is 53.6 Å². The lowest BCUT2D eigenvalue weighted by Crippen LogP contribution is -2.37. The van der Waals surface area contributed by atoms with Gasteiger partial charge in [-0.15, -0.1) is 0 Å². The van der Waals surface area contributed by atoms with Crippen LogP contribution in [0.2, 0.25) is 0 Å². The van der Waals surface area contributed by atoms with Gasteiger partial charge >= 0.3 is 0 Å². The van der Waals surface area contributed by atoms with E-state index < -0.39 is 25.1 Å². The molecule has 62 heavy (non-hydrogen) atoms. The number of anilines is 10. The molecule has 22 heteroatoms. The summed E-state index contributed by atoms with van der Waals surface area (Å²) >= 11 is 0. The van der Waals surface area contributed by atoms with Crippen molar-refractivity contribution in [1.29, 1.82) is 0 Å². The van der Waals surface area contributed by atoms with E-state index in [4.69, 9.17) is 14.5 Å². The molecule has 2 fully saturated rings. The van der Waals surface area contributed by atoms with E-state index in [0.717, 1.165) is 0 Å². The van der Waals surface area contributed by atoms with Crippen LogP contribution in [0.3, 0.4) is 0 Å². The summed E-state index contributed by atoms with van der Waals surface area (Å²) in [5, 5.41) is 12.6. The van der Waals surface area contributed by atoms with Crippen molar-refractivity contribution < 1.29 is 35.4 Å². The lowest BCUT2D eigenvalue weighted by atomic mass is 10.1. The molecule has 0 radical (unpaired) electrons. The average Bonchev–Trinajstić information content (AvgIpc) is 3.27. The van der Waals surface area contributed by atoms with Crippen LogP contribution in [0.25, 0.3) is 12.2 Å². The Morgan fingerprint density at radius 2 is 0.984 bits per heavy atom. The Morgan fingerprint density at radius 1 is 0.516 bits per heavy atom. The van der Waals surface area contributed by atoms with Crippen molar-refractivity contribution in [3.63, 3.8) is 0 Å². The Hall–Kier alpha value is -6.82. The maximum atomic E-state index is 13.6. The van der Waals surface area contributed by atoms with E-state index in [2.05, 4.69) is 46.2 Å². The molecule has 4 heterocycles. The van der Waals surface area contributed by atoms with Crippen LogP contribution < -0.4 is 31.1 Å². The zero-order valence-corrected chi connectivity index (χ0v) is 34.4. The summed E-state index contributed by atoms with van der Waals surface area (Å²) in [6, 6.07) is 26.8. The lowest BCUT2D eigenvalue weighted by molar-refractivity contribution is 0.122. The highest BCUT2D eigenvalue weighted by molar-refractivity contribution is 7.86. The van der Waals surface area contributed by atoms with Gasteiger partial charge < -0.3 is 40.5 Å². The van der Waals surface area contributed by atoms with E-state index in [-0.39, 0.29) is 51.6 Å². The standard InChI is InChI=1S/C40H40N12O8S2/c53-61(54,55)31-16-12-27(13-17-31)11-14-28-15-18-32(43-37-45-35(41-29-7-3-1-4-8-29)47-39(49-37)51-19-23-59-24-20-51)33(34(28)62(56,57)58)44-38-46-36(42-30-9-5-2-6-10-30)48-40(50-38)52-21-25-60-26-22-52/h1-18H,19-26H2,(H,53,54,55)(H,56,57,58)(H2,41,43,45,47,49)(H2,42,44,46,48,50). The Labute approximate surface area is 356 Å². The molecular formula is C40H40N12O8S2. The van der Waals surface area contributed by atoms with Crippen molar-refractivity contribution in [2.45, 2.75) is 9.79 Å². The molecule has 0 atom stereocenters. The maximum absolute atomic E-state index is 13.6. The first kappa shape index (κ1) is 41.9. The van der Waals surface area contributed by atoms with Gasteiger partial charge in [0, 0.05) is 37.6 Å². The Morgan fingerprint density at radius 3 is 1.45 bits per heavy atom. The highest BCUT2D eigenvalue weighted by atomic mass is 32.2. The Bertz CT molecular complexity index is 2780. The molecule has 2 aliphatic heterocycles. The minimum atomic E-state index is -5.06. The number of ether oxygens (including phenoxy) is 2. The summed E-state index contributed by atoms with van der Waals surface area (Å²) in [5.41, 5.74) is 1.80. The van der Waals surface area contributed by atoms with Crippen LogP contribution in [0, 0.1) is 0 Å². The van der Waals surface area contributed by atoms with Gasteiger partial charge in [0.15, 0.2) is 0 Å². The molecule has 0 saturated carbocycles. The van der Waals surface area contributed by atoms with Crippen molar-refractivity contribution in [3.05, 3.63) is 108 Å². The fraction of sp³-hybridized carbons (Fsp3) is 0.200. The fourth-order valence-corrected chi connectivity index (χ4v) is 7.80. The number of rotatable bonds is 14. The van der Waals surface area contributed by atoms with Gasteiger partial charge in [-0.2, -0.15) is 46.7 Å².